The zero-order valence-electron chi connectivity index (χ0n) is 20.7. The molecular weight excluding hydrogens is 485 g/mol. The van der Waals surface area contributed by atoms with E-state index in [-0.39, 0.29) is 30.5 Å². The van der Waals surface area contributed by atoms with Gasteiger partial charge in [-0.3, -0.25) is 9.78 Å². The van der Waals surface area contributed by atoms with Gasteiger partial charge in [0, 0.05) is 42.0 Å². The Morgan fingerprint density at radius 2 is 1.97 bits per heavy atom. The van der Waals surface area contributed by atoms with Gasteiger partial charge in [0.25, 0.3) is 5.91 Å². The van der Waals surface area contributed by atoms with Crippen molar-refractivity contribution >= 4 is 22.6 Å². The van der Waals surface area contributed by atoms with Crippen molar-refractivity contribution < 1.29 is 27.4 Å². The number of fused-ring (bicyclic) bond motifs is 3. The fraction of sp³-hybridized carbons (Fsp3) is 0.444. The quantitative estimate of drug-likeness (QED) is 0.498. The molecule has 2 aliphatic rings. The number of ether oxygens (including phenoxy) is 2. The molecule has 10 heteroatoms. The average Bonchev–Trinajstić information content (AvgIpc) is 3.29. The monoisotopic (exact) mass is 514 g/mol. The van der Waals surface area contributed by atoms with E-state index in [4.69, 9.17) is 15.2 Å². The first kappa shape index (κ1) is 25.4. The summed E-state index contributed by atoms with van der Waals surface area (Å²) in [6.07, 6.45) is -2.24. The zero-order valence-corrected chi connectivity index (χ0v) is 20.7. The highest BCUT2D eigenvalue weighted by atomic mass is 19.4. The number of anilines is 1. The van der Waals surface area contributed by atoms with Gasteiger partial charge >= 0.3 is 6.18 Å². The maximum atomic E-state index is 13.9. The fourth-order valence-electron chi connectivity index (χ4n) is 5.28. The SMILES string of the molecule is C[C@H]1OCc2c1c(N)nc1ccc(C(=O)N(Cc3ccc(C(F)(F)F)cn3)[C@@H](C)C3CCOCC3)cc21. The van der Waals surface area contributed by atoms with Crippen LogP contribution in [0.15, 0.2) is 36.5 Å². The number of rotatable bonds is 5. The number of alkyl halides is 3. The molecule has 0 spiro atoms. The fourth-order valence-corrected chi connectivity index (χ4v) is 5.28. The number of nitrogens with two attached hydrogens (primary N) is 1. The van der Waals surface area contributed by atoms with Crippen LogP contribution in [0.3, 0.4) is 0 Å². The van der Waals surface area contributed by atoms with Crippen LogP contribution in [-0.4, -0.2) is 40.0 Å². The summed E-state index contributed by atoms with van der Waals surface area (Å²) >= 11 is 0. The molecule has 2 aromatic heterocycles. The number of hydrogen-bond donors (Lipinski definition) is 1. The van der Waals surface area contributed by atoms with Gasteiger partial charge in [-0.05, 0) is 68.5 Å². The highest BCUT2D eigenvalue weighted by Gasteiger charge is 2.33. The minimum atomic E-state index is -4.47. The van der Waals surface area contributed by atoms with Crippen LogP contribution < -0.4 is 5.73 Å². The van der Waals surface area contributed by atoms with Crippen LogP contribution in [0.25, 0.3) is 10.9 Å². The molecule has 196 valence electrons. The van der Waals surface area contributed by atoms with Crippen molar-refractivity contribution in [3.8, 4) is 0 Å². The van der Waals surface area contributed by atoms with Crippen LogP contribution in [0.4, 0.5) is 19.0 Å². The summed E-state index contributed by atoms with van der Waals surface area (Å²) in [5.41, 5.74) is 8.65. The number of carbonyl (C=O) groups is 1. The second kappa shape index (κ2) is 9.90. The summed E-state index contributed by atoms with van der Waals surface area (Å²) < 4.78 is 50.4. The van der Waals surface area contributed by atoms with Crippen molar-refractivity contribution in [1.82, 2.24) is 14.9 Å². The van der Waals surface area contributed by atoms with Crippen molar-refractivity contribution in [3.63, 3.8) is 0 Å². The molecule has 2 N–H and O–H groups in total. The first-order chi connectivity index (χ1) is 17.6. The normalized spacial score (nSPS) is 19.1. The third kappa shape index (κ3) is 5.00. The van der Waals surface area contributed by atoms with Gasteiger partial charge in [0.2, 0.25) is 0 Å². The maximum Gasteiger partial charge on any atom is 0.417 e. The molecule has 0 saturated carbocycles. The number of pyridine rings is 2. The Balaban J connectivity index is 1.50. The Hall–Kier alpha value is -3.24. The minimum absolute atomic E-state index is 0.0891. The predicted molar refractivity (Wildman–Crippen MR) is 131 cm³/mol. The summed E-state index contributed by atoms with van der Waals surface area (Å²) in [5, 5.41) is 0.811. The number of nitrogen functional groups attached to an aromatic ring is 1. The van der Waals surface area contributed by atoms with E-state index in [9.17, 15) is 18.0 Å². The molecule has 0 bridgehead atoms. The summed E-state index contributed by atoms with van der Waals surface area (Å²) in [6.45, 7) is 5.60. The third-order valence-corrected chi connectivity index (χ3v) is 7.48. The number of aromatic nitrogens is 2. The first-order valence-corrected chi connectivity index (χ1v) is 12.4. The Morgan fingerprint density at radius 1 is 1.22 bits per heavy atom. The van der Waals surface area contributed by atoms with Gasteiger partial charge in [0.05, 0.1) is 36.0 Å². The van der Waals surface area contributed by atoms with Gasteiger partial charge in [-0.25, -0.2) is 4.98 Å². The molecule has 7 nitrogen and oxygen atoms in total. The summed E-state index contributed by atoms with van der Waals surface area (Å²) in [6, 6.07) is 7.46. The zero-order chi connectivity index (χ0) is 26.3. The molecule has 1 fully saturated rings. The van der Waals surface area contributed by atoms with E-state index in [1.807, 2.05) is 19.9 Å². The number of benzene rings is 1. The highest BCUT2D eigenvalue weighted by Crippen LogP contribution is 2.38. The Kier molecular flexibility index (Phi) is 6.80. The molecule has 3 aromatic rings. The topological polar surface area (TPSA) is 90.6 Å². The van der Waals surface area contributed by atoms with Gasteiger partial charge in [0.15, 0.2) is 0 Å². The largest absolute Gasteiger partial charge is 0.417 e. The standard InChI is InChI=1S/C27H29F3N4O3/c1-15(17-7-9-36-10-8-17)34(13-20-5-4-19(12-32-20)27(28,29)30)26(35)18-3-6-23-21(11-18)22-14-37-16(2)24(22)25(31)33-23/h3-6,11-12,15-17H,7-10,13-14H2,1-2H3,(H2,31,33)/t15-,16+/m0/s1. The Morgan fingerprint density at radius 3 is 2.65 bits per heavy atom. The molecule has 0 aliphatic carbocycles. The molecule has 5 rings (SSSR count). The van der Waals surface area contributed by atoms with Crippen LogP contribution in [-0.2, 0) is 28.8 Å². The van der Waals surface area contributed by atoms with Crippen molar-refractivity contribution in [2.24, 2.45) is 5.92 Å². The van der Waals surface area contributed by atoms with Crippen molar-refractivity contribution in [2.45, 2.75) is 58.2 Å². The van der Waals surface area contributed by atoms with Gasteiger partial charge in [0.1, 0.15) is 5.82 Å². The molecule has 2 atom stereocenters. The molecule has 0 unspecified atom stereocenters. The number of hydrogen-bond acceptors (Lipinski definition) is 6. The first-order valence-electron chi connectivity index (χ1n) is 12.4. The average molecular weight is 515 g/mol. The van der Waals surface area contributed by atoms with Gasteiger partial charge < -0.3 is 20.1 Å². The van der Waals surface area contributed by atoms with Crippen molar-refractivity contribution in [3.05, 3.63) is 64.5 Å². The van der Waals surface area contributed by atoms with E-state index in [0.29, 0.717) is 42.4 Å². The molecule has 0 radical (unpaired) electrons. The van der Waals surface area contributed by atoms with Crippen LogP contribution in [0.2, 0.25) is 0 Å². The van der Waals surface area contributed by atoms with Gasteiger partial charge in [-0.15, -0.1) is 0 Å². The Bertz CT molecular complexity index is 1310. The van der Waals surface area contributed by atoms with Gasteiger partial charge in [-0.2, -0.15) is 13.2 Å². The van der Waals surface area contributed by atoms with Crippen LogP contribution in [0, 0.1) is 5.92 Å². The van der Waals surface area contributed by atoms with Crippen molar-refractivity contribution in [2.75, 3.05) is 18.9 Å². The molecule has 1 amide bonds. The van der Waals surface area contributed by atoms with Crippen molar-refractivity contribution in [1.29, 1.82) is 0 Å². The second-order valence-corrected chi connectivity index (χ2v) is 9.73. The van der Waals surface area contributed by atoms with E-state index in [1.165, 1.54) is 6.07 Å². The Labute approximate surface area is 212 Å². The molecule has 37 heavy (non-hydrogen) atoms. The highest BCUT2D eigenvalue weighted by molar-refractivity contribution is 5.99. The molecule has 2 aliphatic heterocycles. The van der Waals surface area contributed by atoms with E-state index in [0.717, 1.165) is 41.6 Å². The summed E-state index contributed by atoms with van der Waals surface area (Å²) in [4.78, 5) is 24.2. The predicted octanol–water partition coefficient (Wildman–Crippen LogP) is 5.28. The second-order valence-electron chi connectivity index (χ2n) is 9.73. The van der Waals surface area contributed by atoms with Gasteiger partial charge in [-0.1, -0.05) is 0 Å². The summed E-state index contributed by atoms with van der Waals surface area (Å²) in [7, 11) is 0. The van der Waals surface area contributed by atoms with E-state index in [1.54, 1.807) is 17.0 Å². The smallest absolute Gasteiger partial charge is 0.383 e. The number of nitrogens with zero attached hydrogens (tertiary/aromatic N) is 3. The molecule has 1 saturated heterocycles. The number of amides is 1. The lowest BCUT2D eigenvalue weighted by atomic mass is 9.91. The van der Waals surface area contributed by atoms with Crippen LogP contribution in [0.5, 0.6) is 0 Å². The molecular formula is C27H29F3N4O3. The lowest BCUT2D eigenvalue weighted by Crippen LogP contribution is -2.44. The number of carbonyl (C=O) groups excluding carboxylic acids is 1. The van der Waals surface area contributed by atoms with E-state index < -0.39 is 11.7 Å². The lowest BCUT2D eigenvalue weighted by molar-refractivity contribution is -0.137. The molecule has 4 heterocycles. The van der Waals surface area contributed by atoms with Crippen LogP contribution in [0.1, 0.15) is 65.5 Å². The third-order valence-electron chi connectivity index (χ3n) is 7.48. The number of halogens is 3. The lowest BCUT2D eigenvalue weighted by Gasteiger charge is -2.36. The van der Waals surface area contributed by atoms with E-state index in [2.05, 4.69) is 9.97 Å². The minimum Gasteiger partial charge on any atom is -0.383 e. The maximum absolute atomic E-state index is 13.9. The summed E-state index contributed by atoms with van der Waals surface area (Å²) in [5.74, 6) is 0.405. The molecule has 1 aromatic carbocycles. The van der Waals surface area contributed by atoms with E-state index >= 15 is 0 Å². The van der Waals surface area contributed by atoms with Crippen LogP contribution >= 0.6 is 0 Å².